The molecule has 21 heavy (non-hydrogen) atoms. The molecule has 6 heteroatoms. The summed E-state index contributed by atoms with van der Waals surface area (Å²) in [6, 6.07) is 2.19. The Morgan fingerprint density at radius 1 is 1.29 bits per heavy atom. The fraction of sp³-hybridized carbons (Fsp3) is 0.467. The summed E-state index contributed by atoms with van der Waals surface area (Å²) in [7, 11) is 0. The van der Waals surface area contributed by atoms with Crippen molar-refractivity contribution in [1.29, 1.82) is 0 Å². The van der Waals surface area contributed by atoms with Crippen molar-refractivity contribution in [2.75, 3.05) is 6.54 Å². The third-order valence-electron chi connectivity index (χ3n) is 3.34. The molecule has 4 nitrogen and oxygen atoms in total. The maximum absolute atomic E-state index is 4.57. The van der Waals surface area contributed by atoms with Gasteiger partial charge in [0.1, 0.15) is 5.82 Å². The fourth-order valence-corrected chi connectivity index (χ4v) is 3.53. The molecule has 0 aliphatic rings. The van der Waals surface area contributed by atoms with Crippen molar-refractivity contribution in [2.24, 2.45) is 0 Å². The molecule has 0 fully saturated rings. The van der Waals surface area contributed by atoms with E-state index in [9.17, 15) is 0 Å². The zero-order chi connectivity index (χ0) is 15.2. The molecule has 1 N–H and O–H groups in total. The first kappa shape index (κ1) is 16.6. The average molecular weight is 416 g/mol. The van der Waals surface area contributed by atoms with Gasteiger partial charge in [0, 0.05) is 40.5 Å². The molecule has 0 aliphatic heterocycles. The normalized spacial score (nSPS) is 12.6. The molecule has 0 aliphatic carbocycles. The zero-order valence-corrected chi connectivity index (χ0v) is 15.5. The average Bonchev–Trinajstić information content (AvgIpc) is 2.91. The molecule has 2 aromatic heterocycles. The molecule has 114 valence electrons. The maximum Gasteiger partial charge on any atom is 0.110 e. The van der Waals surface area contributed by atoms with Crippen LogP contribution in [0.4, 0.5) is 0 Å². The molecule has 0 amide bonds. The number of hydrogen-bond donors (Lipinski definition) is 1. The maximum atomic E-state index is 4.57. The van der Waals surface area contributed by atoms with Crippen molar-refractivity contribution in [3.8, 4) is 0 Å². The molecule has 0 radical (unpaired) electrons. The van der Waals surface area contributed by atoms with Crippen molar-refractivity contribution in [1.82, 2.24) is 19.9 Å². The molecule has 0 spiro atoms. The van der Waals surface area contributed by atoms with Crippen LogP contribution in [0.25, 0.3) is 0 Å². The van der Waals surface area contributed by atoms with Gasteiger partial charge in [-0.2, -0.15) is 0 Å². The standard InChI is InChI=1S/C15H20Br2N4/c1-3-5-18-13(9-14-19-6-7-21(14)4-2)15-12(17)8-11(16)10-20-15/h6-8,10,13,18H,3-5,9H2,1-2H3. The Morgan fingerprint density at radius 2 is 2.10 bits per heavy atom. The first-order valence-corrected chi connectivity index (χ1v) is 8.78. The molecule has 2 heterocycles. The summed E-state index contributed by atoms with van der Waals surface area (Å²) in [4.78, 5) is 9.05. The molecule has 0 saturated heterocycles. The summed E-state index contributed by atoms with van der Waals surface area (Å²) in [5.74, 6) is 1.09. The fourth-order valence-electron chi connectivity index (χ4n) is 2.27. The van der Waals surface area contributed by atoms with Crippen molar-refractivity contribution in [3.05, 3.63) is 45.1 Å². The molecule has 0 saturated carbocycles. The van der Waals surface area contributed by atoms with E-state index in [1.165, 1.54) is 0 Å². The van der Waals surface area contributed by atoms with Crippen LogP contribution in [-0.2, 0) is 13.0 Å². The van der Waals surface area contributed by atoms with Crippen LogP contribution in [0, 0.1) is 0 Å². The summed E-state index contributed by atoms with van der Waals surface area (Å²) in [6.07, 6.45) is 7.64. The highest BCUT2D eigenvalue weighted by Crippen LogP contribution is 2.26. The van der Waals surface area contributed by atoms with E-state index in [-0.39, 0.29) is 6.04 Å². The number of nitrogens with one attached hydrogen (secondary N) is 1. The van der Waals surface area contributed by atoms with Crippen molar-refractivity contribution < 1.29 is 0 Å². The van der Waals surface area contributed by atoms with E-state index in [0.717, 1.165) is 46.4 Å². The van der Waals surface area contributed by atoms with Crippen LogP contribution in [0.5, 0.6) is 0 Å². The number of aryl methyl sites for hydroxylation is 1. The number of aromatic nitrogens is 3. The SMILES string of the molecule is CCCNC(Cc1nccn1CC)c1ncc(Br)cc1Br. The molecule has 0 bridgehead atoms. The largest absolute Gasteiger partial charge is 0.335 e. The topological polar surface area (TPSA) is 42.7 Å². The van der Waals surface area contributed by atoms with Crippen LogP contribution in [0.1, 0.15) is 37.8 Å². The lowest BCUT2D eigenvalue weighted by Crippen LogP contribution is -2.26. The highest BCUT2D eigenvalue weighted by molar-refractivity contribution is 9.11. The minimum Gasteiger partial charge on any atom is -0.335 e. The zero-order valence-electron chi connectivity index (χ0n) is 12.3. The first-order valence-electron chi connectivity index (χ1n) is 7.20. The third-order valence-corrected chi connectivity index (χ3v) is 4.40. The minimum atomic E-state index is 0.153. The number of nitrogens with zero attached hydrogens (tertiary/aromatic N) is 3. The molecular formula is C15H20Br2N4. The predicted octanol–water partition coefficient (Wildman–Crippen LogP) is 4.11. The number of rotatable bonds is 7. The van der Waals surface area contributed by atoms with Crippen LogP contribution in [-0.4, -0.2) is 21.1 Å². The highest BCUT2D eigenvalue weighted by atomic mass is 79.9. The number of halogens is 2. The highest BCUT2D eigenvalue weighted by Gasteiger charge is 2.18. The van der Waals surface area contributed by atoms with Gasteiger partial charge in [-0.05, 0) is 57.8 Å². The predicted molar refractivity (Wildman–Crippen MR) is 92.3 cm³/mol. The van der Waals surface area contributed by atoms with Crippen LogP contribution in [0.2, 0.25) is 0 Å². The Balaban J connectivity index is 2.25. The van der Waals surface area contributed by atoms with Crippen LogP contribution in [0.3, 0.4) is 0 Å². The van der Waals surface area contributed by atoms with E-state index in [1.807, 2.05) is 24.7 Å². The smallest absolute Gasteiger partial charge is 0.110 e. The Hall–Kier alpha value is -0.720. The first-order chi connectivity index (χ1) is 10.2. The van der Waals surface area contributed by atoms with Crippen LogP contribution >= 0.6 is 31.9 Å². The van der Waals surface area contributed by atoms with Crippen LogP contribution < -0.4 is 5.32 Å². The van der Waals surface area contributed by atoms with E-state index in [0.29, 0.717) is 0 Å². The van der Waals surface area contributed by atoms with Crippen molar-refractivity contribution >= 4 is 31.9 Å². The van der Waals surface area contributed by atoms with Crippen molar-refractivity contribution in [2.45, 2.75) is 39.3 Å². The second-order valence-electron chi connectivity index (χ2n) is 4.86. The lowest BCUT2D eigenvalue weighted by atomic mass is 10.1. The Kier molecular flexibility index (Phi) is 6.39. The molecule has 2 rings (SSSR count). The second-order valence-corrected chi connectivity index (χ2v) is 6.63. The van der Waals surface area contributed by atoms with E-state index in [2.05, 4.69) is 65.6 Å². The molecule has 0 aromatic carbocycles. The Morgan fingerprint density at radius 3 is 2.76 bits per heavy atom. The van der Waals surface area contributed by atoms with Gasteiger partial charge in [0.2, 0.25) is 0 Å². The van der Waals surface area contributed by atoms with Gasteiger partial charge < -0.3 is 9.88 Å². The summed E-state index contributed by atoms with van der Waals surface area (Å²) >= 11 is 7.07. The Bertz CT molecular complexity index is 583. The van der Waals surface area contributed by atoms with Gasteiger partial charge in [0.15, 0.2) is 0 Å². The third kappa shape index (κ3) is 4.37. The number of hydrogen-bond acceptors (Lipinski definition) is 3. The Labute approximate surface area is 142 Å². The van der Waals surface area contributed by atoms with Gasteiger partial charge in [0.05, 0.1) is 11.7 Å². The molecular weight excluding hydrogens is 396 g/mol. The molecule has 1 atom stereocenters. The molecule has 1 unspecified atom stereocenters. The summed E-state index contributed by atoms with van der Waals surface area (Å²) in [5, 5.41) is 3.57. The number of imidazole rings is 1. The van der Waals surface area contributed by atoms with Gasteiger partial charge in [0.25, 0.3) is 0 Å². The van der Waals surface area contributed by atoms with Crippen molar-refractivity contribution in [3.63, 3.8) is 0 Å². The van der Waals surface area contributed by atoms with Crippen LogP contribution in [0.15, 0.2) is 33.6 Å². The monoisotopic (exact) mass is 414 g/mol. The van der Waals surface area contributed by atoms with Gasteiger partial charge in [-0.1, -0.05) is 6.92 Å². The van der Waals surface area contributed by atoms with Gasteiger partial charge in [-0.3, -0.25) is 4.98 Å². The van der Waals surface area contributed by atoms with E-state index in [1.54, 1.807) is 0 Å². The summed E-state index contributed by atoms with van der Waals surface area (Å²) in [5.41, 5.74) is 1.03. The van der Waals surface area contributed by atoms with Gasteiger partial charge >= 0.3 is 0 Å². The van der Waals surface area contributed by atoms with E-state index < -0.39 is 0 Å². The summed E-state index contributed by atoms with van der Waals surface area (Å²) in [6.45, 7) is 6.20. The lowest BCUT2D eigenvalue weighted by Gasteiger charge is -2.19. The quantitative estimate of drug-likeness (QED) is 0.739. The molecule has 2 aromatic rings. The minimum absolute atomic E-state index is 0.153. The number of pyridine rings is 1. The summed E-state index contributed by atoms with van der Waals surface area (Å²) < 4.78 is 4.16. The lowest BCUT2D eigenvalue weighted by molar-refractivity contribution is 0.495. The van der Waals surface area contributed by atoms with E-state index >= 15 is 0 Å². The second kappa shape index (κ2) is 8.06. The van der Waals surface area contributed by atoms with Gasteiger partial charge in [-0.15, -0.1) is 0 Å². The van der Waals surface area contributed by atoms with Gasteiger partial charge in [-0.25, -0.2) is 4.98 Å². The van der Waals surface area contributed by atoms with E-state index in [4.69, 9.17) is 0 Å².